The number of nitrogens with zero attached hydrogens (tertiary/aromatic N) is 1. The van der Waals surface area contributed by atoms with E-state index in [1.54, 1.807) is 0 Å². The van der Waals surface area contributed by atoms with Crippen molar-refractivity contribution in [2.45, 2.75) is 33.8 Å². The Kier molecular flexibility index (Phi) is 5.22. The van der Waals surface area contributed by atoms with Crippen molar-refractivity contribution in [1.29, 1.82) is 0 Å². The van der Waals surface area contributed by atoms with Gasteiger partial charge in [0, 0.05) is 5.69 Å². The summed E-state index contributed by atoms with van der Waals surface area (Å²) >= 11 is 0. The molecular weight excluding hydrogens is 356 g/mol. The Morgan fingerprint density at radius 1 is 0.724 bits per heavy atom. The summed E-state index contributed by atoms with van der Waals surface area (Å²) in [4.78, 5) is 4.93. The number of rotatable bonds is 4. The van der Waals surface area contributed by atoms with Gasteiger partial charge in [-0.1, -0.05) is 66.7 Å². The van der Waals surface area contributed by atoms with E-state index in [4.69, 9.17) is 9.73 Å². The average Bonchev–Trinajstić information content (AvgIpc) is 3.11. The van der Waals surface area contributed by atoms with Gasteiger partial charge >= 0.3 is 0 Å². The van der Waals surface area contributed by atoms with Crippen LogP contribution in [0.5, 0.6) is 0 Å². The first-order chi connectivity index (χ1) is 14.0. The van der Waals surface area contributed by atoms with Crippen molar-refractivity contribution in [3.63, 3.8) is 0 Å². The second kappa shape index (κ2) is 7.96. The minimum Gasteiger partial charge on any atom is -0.464 e. The third-order valence-corrected chi connectivity index (χ3v) is 5.31. The number of hydrogen-bond donors (Lipinski definition) is 1. The number of aryl methyl sites for hydroxylation is 4. The van der Waals surface area contributed by atoms with E-state index in [0.29, 0.717) is 5.90 Å². The molecule has 4 rings (SSSR count). The van der Waals surface area contributed by atoms with Crippen molar-refractivity contribution in [2.75, 3.05) is 5.32 Å². The van der Waals surface area contributed by atoms with Crippen LogP contribution in [0.25, 0.3) is 0 Å². The lowest BCUT2D eigenvalue weighted by Gasteiger charge is -2.14. The third kappa shape index (κ3) is 3.95. The molecule has 0 spiro atoms. The maximum Gasteiger partial charge on any atom is 0.239 e. The van der Waals surface area contributed by atoms with Gasteiger partial charge in [0.15, 0.2) is 0 Å². The van der Waals surface area contributed by atoms with Crippen molar-refractivity contribution < 1.29 is 4.74 Å². The van der Waals surface area contributed by atoms with Crippen LogP contribution in [0.2, 0.25) is 0 Å². The van der Waals surface area contributed by atoms with Gasteiger partial charge in [-0.3, -0.25) is 0 Å². The lowest BCUT2D eigenvalue weighted by atomic mass is 10.1. The minimum absolute atomic E-state index is 0.161. The largest absolute Gasteiger partial charge is 0.464 e. The number of anilines is 1. The van der Waals surface area contributed by atoms with E-state index >= 15 is 0 Å². The average molecular weight is 383 g/mol. The van der Waals surface area contributed by atoms with E-state index in [0.717, 1.165) is 33.8 Å². The van der Waals surface area contributed by atoms with Crippen molar-refractivity contribution in [3.8, 4) is 0 Å². The van der Waals surface area contributed by atoms with Crippen LogP contribution in [-0.4, -0.2) is 5.90 Å². The summed E-state index contributed by atoms with van der Waals surface area (Å²) in [5.41, 5.74) is 8.74. The third-order valence-electron chi connectivity index (χ3n) is 5.31. The first-order valence-corrected chi connectivity index (χ1v) is 9.95. The number of ether oxygens (including phenoxy) is 1. The van der Waals surface area contributed by atoms with E-state index in [9.17, 15) is 0 Å². The zero-order chi connectivity index (χ0) is 20.4. The molecule has 3 nitrogen and oxygen atoms in total. The Bertz CT molecular complexity index is 1060. The van der Waals surface area contributed by atoms with Crippen LogP contribution in [0.3, 0.4) is 0 Å². The summed E-state index contributed by atoms with van der Waals surface area (Å²) < 4.78 is 6.32. The molecule has 1 heterocycles. The summed E-state index contributed by atoms with van der Waals surface area (Å²) in [5.74, 6) is 0.624. The quantitative estimate of drug-likeness (QED) is 0.543. The highest BCUT2D eigenvalue weighted by atomic mass is 16.5. The number of hydrogen-bond acceptors (Lipinski definition) is 3. The van der Waals surface area contributed by atoms with Crippen LogP contribution in [0, 0.1) is 27.7 Å². The second-order valence-corrected chi connectivity index (χ2v) is 7.58. The van der Waals surface area contributed by atoms with Crippen molar-refractivity contribution in [1.82, 2.24) is 0 Å². The standard InChI is InChI=1S/C26H26N2O/c1-17-10-8-11-18(2)24(17)27-22-16-23(21-14-6-5-7-15-21)29-26(22)28-25-19(3)12-9-13-20(25)4/h5-16,23,27H,1-4H3. The van der Waals surface area contributed by atoms with Gasteiger partial charge in [0.25, 0.3) is 0 Å². The molecule has 3 heteroatoms. The van der Waals surface area contributed by atoms with Crippen LogP contribution >= 0.6 is 0 Å². The Balaban J connectivity index is 1.77. The van der Waals surface area contributed by atoms with Gasteiger partial charge in [0.05, 0.1) is 5.69 Å². The van der Waals surface area contributed by atoms with Gasteiger partial charge < -0.3 is 10.1 Å². The van der Waals surface area contributed by atoms with Gasteiger partial charge in [-0.2, -0.15) is 0 Å². The predicted molar refractivity (Wildman–Crippen MR) is 121 cm³/mol. The lowest BCUT2D eigenvalue weighted by molar-refractivity contribution is 0.257. The monoisotopic (exact) mass is 382 g/mol. The molecule has 1 aliphatic heterocycles. The molecule has 0 saturated heterocycles. The smallest absolute Gasteiger partial charge is 0.239 e. The van der Waals surface area contributed by atoms with E-state index < -0.39 is 0 Å². The Morgan fingerprint density at radius 2 is 1.31 bits per heavy atom. The van der Waals surface area contributed by atoms with Crippen LogP contribution < -0.4 is 5.32 Å². The number of nitrogens with one attached hydrogen (secondary N) is 1. The first kappa shape index (κ1) is 19.0. The summed E-state index contributed by atoms with van der Waals surface area (Å²) in [6, 6.07) is 22.8. The molecule has 3 aromatic carbocycles. The van der Waals surface area contributed by atoms with E-state index in [1.807, 2.05) is 18.2 Å². The van der Waals surface area contributed by atoms with Crippen LogP contribution in [-0.2, 0) is 4.74 Å². The summed E-state index contributed by atoms with van der Waals surface area (Å²) in [5, 5.41) is 3.59. The molecule has 146 valence electrons. The fraction of sp³-hybridized carbons (Fsp3) is 0.192. The molecule has 0 fully saturated rings. The van der Waals surface area contributed by atoms with Crippen LogP contribution in [0.1, 0.15) is 33.9 Å². The fourth-order valence-electron chi connectivity index (χ4n) is 3.66. The summed E-state index contributed by atoms with van der Waals surface area (Å²) in [7, 11) is 0. The van der Waals surface area contributed by atoms with Gasteiger partial charge in [-0.15, -0.1) is 0 Å². The van der Waals surface area contributed by atoms with E-state index in [2.05, 4.69) is 87.6 Å². The molecule has 0 saturated carbocycles. The predicted octanol–water partition coefficient (Wildman–Crippen LogP) is 6.72. The molecule has 0 bridgehead atoms. The highest BCUT2D eigenvalue weighted by Gasteiger charge is 2.26. The van der Waals surface area contributed by atoms with Gasteiger partial charge in [-0.25, -0.2) is 4.99 Å². The Labute approximate surface area is 172 Å². The molecule has 0 radical (unpaired) electrons. The van der Waals surface area contributed by atoms with E-state index in [-0.39, 0.29) is 6.10 Å². The second-order valence-electron chi connectivity index (χ2n) is 7.58. The normalized spacial score (nSPS) is 17.2. The maximum absolute atomic E-state index is 6.32. The molecule has 29 heavy (non-hydrogen) atoms. The molecule has 0 aromatic heterocycles. The maximum atomic E-state index is 6.32. The minimum atomic E-state index is -0.161. The fourth-order valence-corrected chi connectivity index (χ4v) is 3.66. The van der Waals surface area contributed by atoms with Crippen LogP contribution in [0.15, 0.2) is 83.5 Å². The highest BCUT2D eigenvalue weighted by Crippen LogP contribution is 2.33. The molecule has 0 amide bonds. The van der Waals surface area contributed by atoms with Gasteiger partial charge in [0.2, 0.25) is 5.90 Å². The zero-order valence-corrected chi connectivity index (χ0v) is 17.4. The van der Waals surface area contributed by atoms with Crippen molar-refractivity contribution in [3.05, 3.63) is 106 Å². The zero-order valence-electron chi connectivity index (χ0n) is 17.4. The Morgan fingerprint density at radius 3 is 1.93 bits per heavy atom. The molecule has 1 N–H and O–H groups in total. The summed E-state index contributed by atoms with van der Waals surface area (Å²) in [6.45, 7) is 8.39. The van der Waals surface area contributed by atoms with E-state index in [1.165, 1.54) is 11.1 Å². The molecule has 1 unspecified atom stereocenters. The SMILES string of the molecule is Cc1cccc(C)c1N=C1OC(c2ccccc2)C=C1Nc1c(C)cccc1C. The van der Waals surface area contributed by atoms with Crippen LogP contribution in [0.4, 0.5) is 11.4 Å². The Hall–Kier alpha value is -3.33. The highest BCUT2D eigenvalue weighted by molar-refractivity contribution is 6.00. The molecular formula is C26H26N2O. The van der Waals surface area contributed by atoms with Gasteiger partial charge in [-0.05, 0) is 61.6 Å². The lowest BCUT2D eigenvalue weighted by Crippen LogP contribution is -2.11. The molecule has 1 aliphatic rings. The first-order valence-electron chi connectivity index (χ1n) is 9.95. The van der Waals surface area contributed by atoms with Crippen molar-refractivity contribution >= 4 is 17.3 Å². The van der Waals surface area contributed by atoms with Crippen molar-refractivity contribution in [2.24, 2.45) is 4.99 Å². The number of benzene rings is 3. The molecule has 1 atom stereocenters. The molecule has 0 aliphatic carbocycles. The number of aliphatic imine (C=N–C) groups is 1. The molecule has 3 aromatic rings. The van der Waals surface area contributed by atoms with Gasteiger partial charge in [0.1, 0.15) is 11.8 Å². The number of para-hydroxylation sites is 2. The topological polar surface area (TPSA) is 33.6 Å². The summed E-state index contributed by atoms with van der Waals surface area (Å²) in [6.07, 6.45) is 1.96.